The maximum absolute atomic E-state index is 12.0. The van der Waals surface area contributed by atoms with Crippen LogP contribution in [0.3, 0.4) is 0 Å². The van der Waals surface area contributed by atoms with E-state index in [2.05, 4.69) is 26.2 Å². The van der Waals surface area contributed by atoms with Crippen molar-refractivity contribution in [3.63, 3.8) is 0 Å². The van der Waals surface area contributed by atoms with Gasteiger partial charge in [0, 0.05) is 50.4 Å². The van der Waals surface area contributed by atoms with E-state index in [1.54, 1.807) is 0 Å². The van der Waals surface area contributed by atoms with Crippen molar-refractivity contribution in [3.05, 3.63) is 17.8 Å². The lowest BCUT2D eigenvalue weighted by atomic mass is 9.84. The lowest BCUT2D eigenvalue weighted by Crippen LogP contribution is -2.47. The highest BCUT2D eigenvalue weighted by atomic mass is 16.5. The summed E-state index contributed by atoms with van der Waals surface area (Å²) in [6.45, 7) is 8.02. The van der Waals surface area contributed by atoms with Crippen LogP contribution in [0.15, 0.2) is 12.3 Å². The molecule has 1 atom stereocenters. The summed E-state index contributed by atoms with van der Waals surface area (Å²) < 4.78 is 5.84. The van der Waals surface area contributed by atoms with E-state index in [0.29, 0.717) is 12.5 Å². The van der Waals surface area contributed by atoms with E-state index in [4.69, 9.17) is 4.74 Å². The van der Waals surface area contributed by atoms with Crippen LogP contribution in [0.4, 0.5) is 5.82 Å². The molecule has 3 heterocycles. The standard InChI is InChI=1S/C24H38N4O3/c1-2-21(29)17-22(30)26-20-5-3-18(4-6-20)8-11-27-12-14-28(15-13-27)24-23-19(7-10-25-24)9-16-31-23/h7,10,18,20-21,29H,2-6,8-9,11-17H2,1H3,(H,26,30). The molecule has 7 nitrogen and oxygen atoms in total. The van der Waals surface area contributed by atoms with Gasteiger partial charge in [-0.1, -0.05) is 6.92 Å². The highest BCUT2D eigenvalue weighted by molar-refractivity contribution is 5.76. The maximum Gasteiger partial charge on any atom is 0.222 e. The zero-order chi connectivity index (χ0) is 21.6. The van der Waals surface area contributed by atoms with Gasteiger partial charge in [-0.05, 0) is 57.1 Å². The van der Waals surface area contributed by atoms with Crippen molar-refractivity contribution in [2.75, 3.05) is 44.2 Å². The second kappa shape index (κ2) is 10.6. The largest absolute Gasteiger partial charge is 0.489 e. The van der Waals surface area contributed by atoms with Gasteiger partial charge in [0.1, 0.15) is 0 Å². The first kappa shape index (κ1) is 22.3. The molecule has 2 aliphatic heterocycles. The van der Waals surface area contributed by atoms with E-state index in [9.17, 15) is 9.90 Å². The Labute approximate surface area is 186 Å². The number of amides is 1. The van der Waals surface area contributed by atoms with Crippen molar-refractivity contribution < 1.29 is 14.6 Å². The smallest absolute Gasteiger partial charge is 0.222 e. The van der Waals surface area contributed by atoms with E-state index >= 15 is 0 Å². The third-order valence-electron chi connectivity index (χ3n) is 7.21. The third-order valence-corrected chi connectivity index (χ3v) is 7.21. The Balaban J connectivity index is 1.14. The summed E-state index contributed by atoms with van der Waals surface area (Å²) in [6.07, 6.45) is 9.03. The molecule has 172 valence electrons. The van der Waals surface area contributed by atoms with Crippen LogP contribution in [0.1, 0.15) is 57.4 Å². The van der Waals surface area contributed by atoms with Gasteiger partial charge in [0.25, 0.3) is 0 Å². The van der Waals surface area contributed by atoms with E-state index in [1.807, 2.05) is 13.1 Å². The fourth-order valence-electron chi connectivity index (χ4n) is 5.11. The number of carbonyl (C=O) groups excluding carboxylic acids is 1. The maximum atomic E-state index is 12.0. The van der Waals surface area contributed by atoms with E-state index < -0.39 is 6.10 Å². The fraction of sp³-hybridized carbons (Fsp3) is 0.750. The summed E-state index contributed by atoms with van der Waals surface area (Å²) in [5.74, 6) is 2.80. The number of nitrogens with zero attached hydrogens (tertiary/aromatic N) is 3. The van der Waals surface area contributed by atoms with Crippen molar-refractivity contribution >= 4 is 11.7 Å². The van der Waals surface area contributed by atoms with Crippen LogP contribution in [0.5, 0.6) is 5.75 Å². The number of anilines is 1. The average molecular weight is 431 g/mol. The van der Waals surface area contributed by atoms with Gasteiger partial charge in [0.2, 0.25) is 5.91 Å². The number of nitrogens with one attached hydrogen (secondary N) is 1. The molecule has 0 aromatic carbocycles. The minimum absolute atomic E-state index is 0.000352. The van der Waals surface area contributed by atoms with Crippen LogP contribution in [0.2, 0.25) is 0 Å². The first-order valence-corrected chi connectivity index (χ1v) is 12.2. The average Bonchev–Trinajstić information content (AvgIpc) is 3.28. The van der Waals surface area contributed by atoms with Crippen LogP contribution in [-0.2, 0) is 11.2 Å². The predicted molar refractivity (Wildman–Crippen MR) is 122 cm³/mol. The number of fused-ring (bicyclic) bond motifs is 1. The van der Waals surface area contributed by atoms with Crippen molar-refractivity contribution in [3.8, 4) is 5.75 Å². The van der Waals surface area contributed by atoms with Crippen LogP contribution >= 0.6 is 0 Å². The third kappa shape index (κ3) is 5.89. The minimum atomic E-state index is -0.511. The van der Waals surface area contributed by atoms with E-state index in [1.165, 1.54) is 24.8 Å². The van der Waals surface area contributed by atoms with Crippen molar-refractivity contribution in [2.24, 2.45) is 5.92 Å². The summed E-state index contributed by atoms with van der Waals surface area (Å²) in [5, 5.41) is 12.8. The zero-order valence-electron chi connectivity index (χ0n) is 18.9. The van der Waals surface area contributed by atoms with Crippen molar-refractivity contribution in [1.82, 2.24) is 15.2 Å². The molecule has 4 rings (SSSR count). The molecule has 0 radical (unpaired) electrons. The number of hydrogen-bond donors (Lipinski definition) is 2. The van der Waals surface area contributed by atoms with Gasteiger partial charge in [-0.25, -0.2) is 4.98 Å². The lowest BCUT2D eigenvalue weighted by Gasteiger charge is -2.37. The van der Waals surface area contributed by atoms with Gasteiger partial charge < -0.3 is 20.1 Å². The second-order valence-electron chi connectivity index (χ2n) is 9.39. The molecule has 2 N–H and O–H groups in total. The molecular formula is C24H38N4O3. The number of aromatic nitrogens is 1. The summed E-state index contributed by atoms with van der Waals surface area (Å²) in [4.78, 5) is 21.6. The molecule has 0 bridgehead atoms. The van der Waals surface area contributed by atoms with Crippen LogP contribution in [0, 0.1) is 5.92 Å². The first-order chi connectivity index (χ1) is 15.1. The van der Waals surface area contributed by atoms with Gasteiger partial charge in [0.15, 0.2) is 11.6 Å². The number of piperazine rings is 1. The molecule has 1 saturated carbocycles. The number of rotatable bonds is 8. The molecule has 1 amide bonds. The Morgan fingerprint density at radius 2 is 2.03 bits per heavy atom. The van der Waals surface area contributed by atoms with Gasteiger partial charge in [-0.3, -0.25) is 9.69 Å². The highest BCUT2D eigenvalue weighted by Gasteiger charge is 2.26. The van der Waals surface area contributed by atoms with Crippen molar-refractivity contribution in [1.29, 1.82) is 0 Å². The number of aliphatic hydroxyl groups is 1. The molecule has 1 aromatic rings. The first-order valence-electron chi connectivity index (χ1n) is 12.2. The van der Waals surface area contributed by atoms with Gasteiger partial charge in [0.05, 0.1) is 19.1 Å². The molecule has 31 heavy (non-hydrogen) atoms. The SMILES string of the molecule is CCC(O)CC(=O)NC1CCC(CCN2CCN(c3nccc4c3OCC4)CC2)CC1. The van der Waals surface area contributed by atoms with Crippen LogP contribution < -0.4 is 15.0 Å². The highest BCUT2D eigenvalue weighted by Crippen LogP contribution is 2.34. The quantitative estimate of drug-likeness (QED) is 0.659. The topological polar surface area (TPSA) is 77.9 Å². The molecule has 1 aromatic heterocycles. The number of hydrogen-bond acceptors (Lipinski definition) is 6. The summed E-state index contributed by atoms with van der Waals surface area (Å²) in [7, 11) is 0. The minimum Gasteiger partial charge on any atom is -0.489 e. The normalized spacial score (nSPS) is 25.0. The number of carbonyl (C=O) groups is 1. The summed E-state index contributed by atoms with van der Waals surface area (Å²) in [6, 6.07) is 2.37. The Kier molecular flexibility index (Phi) is 7.67. The van der Waals surface area contributed by atoms with Gasteiger partial charge in [-0.2, -0.15) is 0 Å². The van der Waals surface area contributed by atoms with Gasteiger partial charge in [-0.15, -0.1) is 0 Å². The predicted octanol–water partition coefficient (Wildman–Crippen LogP) is 2.36. The van der Waals surface area contributed by atoms with Crippen LogP contribution in [-0.4, -0.2) is 72.4 Å². The second-order valence-corrected chi connectivity index (χ2v) is 9.39. The zero-order valence-corrected chi connectivity index (χ0v) is 18.9. The molecule has 1 saturated heterocycles. The monoisotopic (exact) mass is 430 g/mol. The summed E-state index contributed by atoms with van der Waals surface area (Å²) in [5.41, 5.74) is 1.29. The molecule has 7 heteroatoms. The molecule has 0 spiro atoms. The molecule has 2 fully saturated rings. The Morgan fingerprint density at radius 3 is 2.77 bits per heavy atom. The van der Waals surface area contributed by atoms with Crippen LogP contribution in [0.25, 0.3) is 0 Å². The summed E-state index contributed by atoms with van der Waals surface area (Å²) >= 11 is 0. The molecule has 1 unspecified atom stereocenters. The number of aliphatic hydroxyl groups excluding tert-OH is 1. The lowest BCUT2D eigenvalue weighted by molar-refractivity contribution is -0.124. The van der Waals surface area contributed by atoms with E-state index in [-0.39, 0.29) is 12.3 Å². The Morgan fingerprint density at radius 1 is 1.26 bits per heavy atom. The molecule has 3 aliphatic rings. The molecule has 1 aliphatic carbocycles. The molecular weight excluding hydrogens is 392 g/mol. The number of ether oxygens (including phenoxy) is 1. The van der Waals surface area contributed by atoms with E-state index in [0.717, 1.165) is 76.1 Å². The van der Waals surface area contributed by atoms with Crippen molar-refractivity contribution in [2.45, 2.75) is 70.4 Å². The fourth-order valence-corrected chi connectivity index (χ4v) is 5.11. The van der Waals surface area contributed by atoms with Gasteiger partial charge >= 0.3 is 0 Å². The Bertz CT molecular complexity index is 728. The Hall–Kier alpha value is -1.86. The number of pyridine rings is 1.